The number of anilines is 1. The van der Waals surface area contributed by atoms with Crippen molar-refractivity contribution in [1.82, 2.24) is 4.98 Å². The molecule has 1 aromatic heterocycles. The minimum atomic E-state index is -0.736. The van der Waals surface area contributed by atoms with Crippen molar-refractivity contribution in [3.05, 3.63) is 57.7 Å². The van der Waals surface area contributed by atoms with Crippen molar-refractivity contribution in [2.45, 2.75) is 13.3 Å². The van der Waals surface area contributed by atoms with E-state index < -0.39 is 17.5 Å². The first-order chi connectivity index (χ1) is 9.45. The largest absolute Gasteiger partial charge is 0.310 e. The molecule has 0 aliphatic carbocycles. The number of pyridine rings is 1. The number of aromatic nitrogens is 1. The van der Waals surface area contributed by atoms with Crippen molar-refractivity contribution in [3.63, 3.8) is 0 Å². The van der Waals surface area contributed by atoms with Crippen LogP contribution in [0.15, 0.2) is 34.9 Å². The highest BCUT2D eigenvalue weighted by Gasteiger charge is 2.11. The van der Waals surface area contributed by atoms with Gasteiger partial charge in [0.15, 0.2) is 0 Å². The highest BCUT2D eigenvalue weighted by atomic mass is 79.9. The van der Waals surface area contributed by atoms with Crippen LogP contribution in [0.3, 0.4) is 0 Å². The van der Waals surface area contributed by atoms with Crippen molar-refractivity contribution in [1.29, 1.82) is 0 Å². The molecule has 1 amide bonds. The summed E-state index contributed by atoms with van der Waals surface area (Å²) in [6.45, 7) is 1.80. The molecule has 0 radical (unpaired) electrons. The molecule has 0 spiro atoms. The number of hydrogen-bond acceptors (Lipinski definition) is 2. The quantitative estimate of drug-likeness (QED) is 0.927. The summed E-state index contributed by atoms with van der Waals surface area (Å²) in [4.78, 5) is 15.9. The van der Waals surface area contributed by atoms with Gasteiger partial charge in [0.2, 0.25) is 5.91 Å². The molecule has 0 aliphatic heterocycles. The number of aryl methyl sites for hydroxylation is 1. The fourth-order valence-corrected chi connectivity index (χ4v) is 2.13. The topological polar surface area (TPSA) is 42.0 Å². The SMILES string of the molecule is Cc1cc(Br)cnc1NC(=O)Cc1ccc(F)cc1F. The number of halogens is 3. The maximum atomic E-state index is 13.4. The molecule has 2 rings (SSSR count). The number of amides is 1. The number of benzene rings is 1. The zero-order valence-corrected chi connectivity index (χ0v) is 12.2. The number of carbonyl (C=O) groups is 1. The van der Waals surface area contributed by atoms with Gasteiger partial charge in [-0.05, 0) is 46.1 Å². The molecule has 1 heterocycles. The average Bonchev–Trinajstić information content (AvgIpc) is 2.36. The van der Waals surface area contributed by atoms with E-state index in [1.807, 2.05) is 0 Å². The minimum Gasteiger partial charge on any atom is -0.310 e. The third-order valence-corrected chi connectivity index (χ3v) is 3.10. The molecule has 1 aromatic carbocycles. The van der Waals surface area contributed by atoms with Gasteiger partial charge in [-0.25, -0.2) is 13.8 Å². The minimum absolute atomic E-state index is 0.138. The van der Waals surface area contributed by atoms with Gasteiger partial charge in [0, 0.05) is 16.7 Å². The number of nitrogens with one attached hydrogen (secondary N) is 1. The Kier molecular flexibility index (Phi) is 4.44. The molecule has 2 aromatic rings. The van der Waals surface area contributed by atoms with Gasteiger partial charge < -0.3 is 5.32 Å². The second kappa shape index (κ2) is 6.09. The van der Waals surface area contributed by atoms with E-state index in [1.54, 1.807) is 19.2 Å². The molecule has 0 saturated carbocycles. The molecule has 0 aliphatic rings. The Hall–Kier alpha value is -1.82. The maximum Gasteiger partial charge on any atom is 0.230 e. The van der Waals surface area contributed by atoms with Crippen LogP contribution in [-0.4, -0.2) is 10.9 Å². The Morgan fingerprint density at radius 2 is 2.10 bits per heavy atom. The van der Waals surface area contributed by atoms with Crippen LogP contribution < -0.4 is 5.32 Å². The smallest absolute Gasteiger partial charge is 0.230 e. The van der Waals surface area contributed by atoms with E-state index in [2.05, 4.69) is 26.2 Å². The first kappa shape index (κ1) is 14.6. The van der Waals surface area contributed by atoms with Crippen LogP contribution in [0.25, 0.3) is 0 Å². The van der Waals surface area contributed by atoms with E-state index in [-0.39, 0.29) is 12.0 Å². The van der Waals surface area contributed by atoms with E-state index in [1.165, 1.54) is 6.07 Å². The van der Waals surface area contributed by atoms with Crippen molar-refractivity contribution in [2.24, 2.45) is 0 Å². The first-order valence-electron chi connectivity index (χ1n) is 5.81. The van der Waals surface area contributed by atoms with E-state index in [0.717, 1.165) is 22.2 Å². The third-order valence-electron chi connectivity index (χ3n) is 2.67. The Labute approximate surface area is 123 Å². The van der Waals surface area contributed by atoms with Crippen LogP contribution in [-0.2, 0) is 11.2 Å². The molecule has 0 bridgehead atoms. The number of rotatable bonds is 3. The van der Waals surface area contributed by atoms with E-state index >= 15 is 0 Å². The number of nitrogens with zero attached hydrogens (tertiary/aromatic N) is 1. The van der Waals surface area contributed by atoms with Gasteiger partial charge in [-0.2, -0.15) is 0 Å². The van der Waals surface area contributed by atoms with Crippen molar-refractivity contribution < 1.29 is 13.6 Å². The molecule has 20 heavy (non-hydrogen) atoms. The van der Waals surface area contributed by atoms with Crippen LogP contribution in [0.1, 0.15) is 11.1 Å². The second-order valence-electron chi connectivity index (χ2n) is 4.28. The second-order valence-corrected chi connectivity index (χ2v) is 5.20. The molecule has 3 nitrogen and oxygen atoms in total. The van der Waals surface area contributed by atoms with Crippen molar-refractivity contribution in [2.75, 3.05) is 5.32 Å². The van der Waals surface area contributed by atoms with Gasteiger partial charge in [0.05, 0.1) is 6.42 Å². The Balaban J connectivity index is 2.09. The van der Waals surface area contributed by atoms with Gasteiger partial charge in [-0.1, -0.05) is 6.07 Å². The average molecular weight is 341 g/mol. The van der Waals surface area contributed by atoms with Crippen LogP contribution in [0.2, 0.25) is 0 Å². The summed E-state index contributed by atoms with van der Waals surface area (Å²) in [5.74, 6) is -1.40. The highest BCUT2D eigenvalue weighted by molar-refractivity contribution is 9.10. The van der Waals surface area contributed by atoms with Gasteiger partial charge >= 0.3 is 0 Å². The Morgan fingerprint density at radius 3 is 2.75 bits per heavy atom. The lowest BCUT2D eigenvalue weighted by molar-refractivity contribution is -0.115. The summed E-state index contributed by atoms with van der Waals surface area (Å²) < 4.78 is 27.0. The lowest BCUT2D eigenvalue weighted by Crippen LogP contribution is -2.17. The summed E-state index contributed by atoms with van der Waals surface area (Å²) in [5, 5.41) is 2.60. The van der Waals surface area contributed by atoms with Gasteiger partial charge in [0.1, 0.15) is 17.5 Å². The van der Waals surface area contributed by atoms with E-state index in [4.69, 9.17) is 0 Å². The number of carbonyl (C=O) groups excluding carboxylic acids is 1. The van der Waals surface area contributed by atoms with Gasteiger partial charge in [-0.15, -0.1) is 0 Å². The molecule has 0 unspecified atom stereocenters. The predicted molar refractivity (Wildman–Crippen MR) is 75.4 cm³/mol. The summed E-state index contributed by atoms with van der Waals surface area (Å²) >= 11 is 3.27. The zero-order valence-electron chi connectivity index (χ0n) is 10.6. The zero-order chi connectivity index (χ0) is 14.7. The summed E-state index contributed by atoms with van der Waals surface area (Å²) in [7, 11) is 0. The van der Waals surface area contributed by atoms with E-state index in [9.17, 15) is 13.6 Å². The van der Waals surface area contributed by atoms with Crippen molar-refractivity contribution >= 4 is 27.7 Å². The Morgan fingerprint density at radius 1 is 1.35 bits per heavy atom. The number of hydrogen-bond donors (Lipinski definition) is 1. The Bertz CT molecular complexity index is 606. The molecule has 0 fully saturated rings. The molecule has 1 N–H and O–H groups in total. The van der Waals surface area contributed by atoms with Gasteiger partial charge in [0.25, 0.3) is 0 Å². The fraction of sp³-hybridized carbons (Fsp3) is 0.143. The summed E-state index contributed by atoms with van der Waals surface area (Å²) in [6, 6.07) is 4.94. The first-order valence-corrected chi connectivity index (χ1v) is 6.61. The molecule has 6 heteroatoms. The summed E-state index contributed by atoms with van der Waals surface area (Å²) in [6.07, 6.45) is 1.38. The van der Waals surface area contributed by atoms with Crippen LogP contribution >= 0.6 is 15.9 Å². The highest BCUT2D eigenvalue weighted by Crippen LogP contribution is 2.17. The molecule has 0 atom stereocenters. The lowest BCUT2D eigenvalue weighted by atomic mass is 10.1. The molecular formula is C14H11BrF2N2O. The van der Waals surface area contributed by atoms with Crippen molar-refractivity contribution in [3.8, 4) is 0 Å². The normalized spacial score (nSPS) is 10.4. The predicted octanol–water partition coefficient (Wildman–Crippen LogP) is 3.61. The summed E-state index contributed by atoms with van der Waals surface area (Å²) in [5.41, 5.74) is 0.922. The van der Waals surface area contributed by atoms with Crippen LogP contribution in [0.5, 0.6) is 0 Å². The molecule has 0 saturated heterocycles. The molecular weight excluding hydrogens is 330 g/mol. The maximum absolute atomic E-state index is 13.4. The van der Waals surface area contributed by atoms with E-state index in [0.29, 0.717) is 5.82 Å². The standard InChI is InChI=1S/C14H11BrF2N2O/c1-8-4-10(15)7-18-14(8)19-13(20)5-9-2-3-11(16)6-12(9)17/h2-4,6-7H,5H2,1H3,(H,18,19,20). The van der Waals surface area contributed by atoms with Gasteiger partial charge in [-0.3, -0.25) is 4.79 Å². The van der Waals surface area contributed by atoms with Crippen LogP contribution in [0.4, 0.5) is 14.6 Å². The lowest BCUT2D eigenvalue weighted by Gasteiger charge is -2.08. The van der Waals surface area contributed by atoms with Crippen LogP contribution in [0, 0.1) is 18.6 Å². The monoisotopic (exact) mass is 340 g/mol. The fourth-order valence-electron chi connectivity index (χ4n) is 1.69. The third kappa shape index (κ3) is 3.60. The molecule has 104 valence electrons.